The molecule has 5 rings (SSSR count). The molecule has 1 N–H and O–H groups in total. The van der Waals surface area contributed by atoms with Gasteiger partial charge in [0.15, 0.2) is 11.7 Å². The molecule has 37 heavy (non-hydrogen) atoms. The molecule has 2 aromatic carbocycles. The monoisotopic (exact) mass is 534 g/mol. The first-order valence-corrected chi connectivity index (χ1v) is 12.4. The van der Waals surface area contributed by atoms with Crippen LogP contribution in [0.25, 0.3) is 11.3 Å². The van der Waals surface area contributed by atoms with Crippen LogP contribution in [0.1, 0.15) is 34.9 Å². The second-order valence-corrected chi connectivity index (χ2v) is 9.95. The molecule has 1 aliphatic rings. The lowest BCUT2D eigenvalue weighted by atomic mass is 9.83. The van der Waals surface area contributed by atoms with Gasteiger partial charge in [-0.2, -0.15) is 13.2 Å². The van der Waals surface area contributed by atoms with Crippen LogP contribution >= 0.6 is 0 Å². The number of anilines is 1. The van der Waals surface area contributed by atoms with Gasteiger partial charge < -0.3 is 9.15 Å². The number of aryl methyl sites for hydroxylation is 1. The molecule has 1 aliphatic heterocycles. The maximum atomic E-state index is 13.5. The van der Waals surface area contributed by atoms with Gasteiger partial charge >= 0.3 is 6.18 Å². The Morgan fingerprint density at radius 1 is 1.05 bits per heavy atom. The summed E-state index contributed by atoms with van der Waals surface area (Å²) in [5.41, 5.74) is 0.865. The van der Waals surface area contributed by atoms with E-state index in [0.717, 1.165) is 24.5 Å². The number of alkyl halides is 3. The van der Waals surface area contributed by atoms with Crippen LogP contribution in [-0.2, 0) is 16.2 Å². The Hall–Kier alpha value is -4.00. The van der Waals surface area contributed by atoms with Gasteiger partial charge in [-0.25, -0.2) is 32.5 Å². The number of rotatable bonds is 5. The van der Waals surface area contributed by atoms with Crippen molar-refractivity contribution in [2.24, 2.45) is 0 Å². The number of hydrogen-bond acceptors (Lipinski definition) is 7. The molecule has 0 fully saturated rings. The predicted molar refractivity (Wildman–Crippen MR) is 123 cm³/mol. The zero-order valence-electron chi connectivity index (χ0n) is 19.1. The fraction of sp³-hybridized carbons (Fsp3) is 0.208. The van der Waals surface area contributed by atoms with Crippen molar-refractivity contribution >= 4 is 16.0 Å². The Morgan fingerprint density at radius 3 is 2.46 bits per heavy atom. The molecule has 3 heterocycles. The molecule has 13 heteroatoms. The Bertz CT molecular complexity index is 1570. The number of ether oxygens (including phenoxy) is 1. The zero-order chi connectivity index (χ0) is 26.4. The van der Waals surface area contributed by atoms with Crippen molar-refractivity contribution in [3.8, 4) is 17.0 Å². The number of sulfonamides is 1. The molecular weight excluding hydrogens is 516 g/mol. The molecule has 2 aromatic heterocycles. The minimum absolute atomic E-state index is 0.153. The van der Waals surface area contributed by atoms with Gasteiger partial charge in [0.25, 0.3) is 10.0 Å². The summed E-state index contributed by atoms with van der Waals surface area (Å²) in [6.45, 7) is 1.79. The quantitative estimate of drug-likeness (QED) is 0.346. The van der Waals surface area contributed by atoms with E-state index in [-0.39, 0.29) is 34.5 Å². The number of halogens is 4. The van der Waals surface area contributed by atoms with Crippen LogP contribution in [0.15, 0.2) is 64.4 Å². The Balaban J connectivity index is 1.54. The molecule has 0 spiro atoms. The van der Waals surface area contributed by atoms with Crippen LogP contribution < -0.4 is 9.46 Å². The van der Waals surface area contributed by atoms with E-state index in [1.807, 2.05) is 0 Å². The van der Waals surface area contributed by atoms with Crippen LogP contribution in [0, 0.1) is 12.7 Å². The normalized spacial score (nSPS) is 15.6. The maximum Gasteiger partial charge on any atom is 0.416 e. The minimum Gasteiger partial charge on any atom is -0.493 e. The predicted octanol–water partition coefficient (Wildman–Crippen LogP) is 5.31. The van der Waals surface area contributed by atoms with E-state index in [9.17, 15) is 26.0 Å². The van der Waals surface area contributed by atoms with Gasteiger partial charge in [-0.05, 0) is 30.2 Å². The molecule has 0 saturated heterocycles. The first-order chi connectivity index (χ1) is 17.5. The molecular formula is C24H18F4N4O4S. The Labute approximate surface area is 208 Å². The van der Waals surface area contributed by atoms with Crippen molar-refractivity contribution in [1.82, 2.24) is 15.0 Å². The lowest BCUT2D eigenvalue weighted by molar-refractivity contribution is -0.137. The van der Waals surface area contributed by atoms with E-state index in [1.165, 1.54) is 24.5 Å². The van der Waals surface area contributed by atoms with Crippen molar-refractivity contribution in [3.05, 3.63) is 83.5 Å². The third kappa shape index (κ3) is 4.99. The molecule has 1 atom stereocenters. The third-order valence-electron chi connectivity index (χ3n) is 5.83. The zero-order valence-corrected chi connectivity index (χ0v) is 19.9. The second kappa shape index (κ2) is 9.14. The summed E-state index contributed by atoms with van der Waals surface area (Å²) in [4.78, 5) is 11.2. The topological polar surface area (TPSA) is 107 Å². The SMILES string of the molecule is Cc1nc(-c2cc(C(F)(F)F)ccc2C2CCOc3cc(S(=O)(=O)Nc4ncc(F)cn4)ccc32)co1. The number of hydrogen-bond donors (Lipinski definition) is 1. The van der Waals surface area contributed by atoms with Gasteiger partial charge in [0.1, 0.15) is 17.7 Å². The van der Waals surface area contributed by atoms with Crippen LogP contribution in [0.3, 0.4) is 0 Å². The molecule has 192 valence electrons. The summed E-state index contributed by atoms with van der Waals surface area (Å²) in [6.07, 6.45) is -1.17. The number of nitrogens with zero attached hydrogens (tertiary/aromatic N) is 3. The van der Waals surface area contributed by atoms with Gasteiger partial charge in [-0.15, -0.1) is 0 Å². The standard InChI is InChI=1S/C24H18F4N4O4S/c1-13-31-21(12-36-13)20-8-14(24(26,27)28)2-4-17(20)18-6-7-35-22-9-16(3-5-19(18)22)37(33,34)32-23-29-10-15(25)11-30-23/h2-5,8-12,18H,6-7H2,1H3,(H,29,30,32). The van der Waals surface area contributed by atoms with Crippen molar-refractivity contribution in [2.45, 2.75) is 30.3 Å². The molecule has 1 unspecified atom stereocenters. The van der Waals surface area contributed by atoms with Crippen molar-refractivity contribution in [1.29, 1.82) is 0 Å². The van der Waals surface area contributed by atoms with Crippen molar-refractivity contribution < 1.29 is 35.1 Å². The molecule has 0 amide bonds. The van der Waals surface area contributed by atoms with Gasteiger partial charge in [-0.1, -0.05) is 12.1 Å². The van der Waals surface area contributed by atoms with Gasteiger partial charge in [0.2, 0.25) is 5.95 Å². The van der Waals surface area contributed by atoms with Crippen LogP contribution in [0.4, 0.5) is 23.5 Å². The summed E-state index contributed by atoms with van der Waals surface area (Å²) < 4.78 is 92.3. The molecule has 4 aromatic rings. The first-order valence-electron chi connectivity index (χ1n) is 10.9. The maximum absolute atomic E-state index is 13.5. The molecule has 0 aliphatic carbocycles. The highest BCUT2D eigenvalue weighted by atomic mass is 32.2. The molecule has 0 bridgehead atoms. The van der Waals surface area contributed by atoms with E-state index in [4.69, 9.17) is 9.15 Å². The summed E-state index contributed by atoms with van der Waals surface area (Å²) >= 11 is 0. The number of nitrogens with one attached hydrogen (secondary N) is 1. The fourth-order valence-corrected chi connectivity index (χ4v) is 5.12. The lowest BCUT2D eigenvalue weighted by Gasteiger charge is -2.28. The number of benzene rings is 2. The average Bonchev–Trinajstić information content (AvgIpc) is 3.30. The Morgan fingerprint density at radius 2 is 1.78 bits per heavy atom. The highest BCUT2D eigenvalue weighted by Crippen LogP contribution is 2.44. The average molecular weight is 534 g/mol. The van der Waals surface area contributed by atoms with E-state index < -0.39 is 33.5 Å². The van der Waals surface area contributed by atoms with Crippen LogP contribution in [0.2, 0.25) is 0 Å². The largest absolute Gasteiger partial charge is 0.493 e. The van der Waals surface area contributed by atoms with E-state index in [2.05, 4.69) is 19.7 Å². The fourth-order valence-electron chi connectivity index (χ4n) is 4.15. The highest BCUT2D eigenvalue weighted by molar-refractivity contribution is 7.92. The molecule has 8 nitrogen and oxygen atoms in total. The van der Waals surface area contributed by atoms with Gasteiger partial charge in [-0.3, -0.25) is 0 Å². The number of oxazole rings is 1. The molecule has 0 saturated carbocycles. The summed E-state index contributed by atoms with van der Waals surface area (Å²) in [5.74, 6) is -0.863. The van der Waals surface area contributed by atoms with Gasteiger partial charge in [0.05, 0.1) is 29.5 Å². The van der Waals surface area contributed by atoms with Crippen molar-refractivity contribution in [2.75, 3.05) is 11.3 Å². The summed E-state index contributed by atoms with van der Waals surface area (Å²) in [5, 5.41) is 0. The van der Waals surface area contributed by atoms with E-state index in [0.29, 0.717) is 23.4 Å². The number of aromatic nitrogens is 3. The Kier molecular flexibility index (Phi) is 6.10. The highest BCUT2D eigenvalue weighted by Gasteiger charge is 2.34. The van der Waals surface area contributed by atoms with Gasteiger partial charge in [0, 0.05) is 30.0 Å². The molecule has 0 radical (unpaired) electrons. The number of fused-ring (bicyclic) bond motifs is 1. The van der Waals surface area contributed by atoms with Crippen LogP contribution in [-0.4, -0.2) is 30.0 Å². The van der Waals surface area contributed by atoms with E-state index in [1.54, 1.807) is 13.0 Å². The second-order valence-electron chi connectivity index (χ2n) is 8.27. The summed E-state index contributed by atoms with van der Waals surface area (Å²) in [6, 6.07) is 7.65. The van der Waals surface area contributed by atoms with Crippen molar-refractivity contribution in [3.63, 3.8) is 0 Å². The first kappa shape index (κ1) is 24.7. The van der Waals surface area contributed by atoms with Crippen LogP contribution in [0.5, 0.6) is 5.75 Å². The smallest absolute Gasteiger partial charge is 0.416 e. The minimum atomic E-state index is -4.55. The lowest BCUT2D eigenvalue weighted by Crippen LogP contribution is -2.19. The van der Waals surface area contributed by atoms with E-state index >= 15 is 0 Å². The third-order valence-corrected chi connectivity index (χ3v) is 7.16. The summed E-state index contributed by atoms with van der Waals surface area (Å²) in [7, 11) is -4.14.